The number of benzene rings is 2. The van der Waals surface area contributed by atoms with E-state index in [-0.39, 0.29) is 29.2 Å². The lowest BCUT2D eigenvalue weighted by Gasteiger charge is -2.19. The second-order valence-corrected chi connectivity index (χ2v) is 8.36. The Morgan fingerprint density at radius 3 is 2.24 bits per heavy atom. The standard InChI is InChI=1S/C18H21F2NO3S/c1-18(2,3)13-4-7-15(8-5-13)25(22,23)21-10-11-24-17-9-6-14(19)12-16(17)20/h4-9,12,21H,10-11H2,1-3H3. The predicted octanol–water partition coefficient (Wildman–Crippen LogP) is 3.62. The monoisotopic (exact) mass is 369 g/mol. The first-order valence-corrected chi connectivity index (χ1v) is 9.26. The summed E-state index contributed by atoms with van der Waals surface area (Å²) in [6.45, 7) is 6.00. The van der Waals surface area contributed by atoms with Crippen LogP contribution in [0.3, 0.4) is 0 Å². The lowest BCUT2D eigenvalue weighted by atomic mass is 9.87. The Labute approximate surface area is 146 Å². The van der Waals surface area contributed by atoms with Gasteiger partial charge in [-0.25, -0.2) is 21.9 Å². The van der Waals surface area contributed by atoms with Crippen molar-refractivity contribution in [3.8, 4) is 5.75 Å². The van der Waals surface area contributed by atoms with Crippen LogP contribution in [-0.2, 0) is 15.4 Å². The average molecular weight is 369 g/mol. The predicted molar refractivity (Wildman–Crippen MR) is 92.2 cm³/mol. The van der Waals surface area contributed by atoms with Crippen molar-refractivity contribution in [2.75, 3.05) is 13.2 Å². The van der Waals surface area contributed by atoms with Crippen molar-refractivity contribution in [3.05, 3.63) is 59.7 Å². The van der Waals surface area contributed by atoms with E-state index >= 15 is 0 Å². The maximum atomic E-state index is 13.4. The highest BCUT2D eigenvalue weighted by Gasteiger charge is 2.17. The molecule has 0 aliphatic rings. The van der Waals surface area contributed by atoms with Gasteiger partial charge < -0.3 is 4.74 Å². The van der Waals surface area contributed by atoms with Gasteiger partial charge in [-0.15, -0.1) is 0 Å². The number of sulfonamides is 1. The van der Waals surface area contributed by atoms with Gasteiger partial charge in [0.2, 0.25) is 10.0 Å². The maximum Gasteiger partial charge on any atom is 0.240 e. The molecular weight excluding hydrogens is 348 g/mol. The summed E-state index contributed by atoms with van der Waals surface area (Å²) in [6, 6.07) is 9.57. The van der Waals surface area contributed by atoms with Crippen molar-refractivity contribution >= 4 is 10.0 Å². The van der Waals surface area contributed by atoms with Gasteiger partial charge in [-0.2, -0.15) is 0 Å². The van der Waals surface area contributed by atoms with E-state index in [1.807, 2.05) is 20.8 Å². The molecule has 0 fully saturated rings. The average Bonchev–Trinajstić information content (AvgIpc) is 2.52. The van der Waals surface area contributed by atoms with Gasteiger partial charge in [0.15, 0.2) is 11.6 Å². The van der Waals surface area contributed by atoms with Crippen molar-refractivity contribution < 1.29 is 21.9 Å². The highest BCUT2D eigenvalue weighted by Crippen LogP contribution is 2.23. The Morgan fingerprint density at radius 2 is 1.68 bits per heavy atom. The third kappa shape index (κ3) is 5.24. The molecule has 0 aliphatic carbocycles. The fourth-order valence-electron chi connectivity index (χ4n) is 2.15. The number of ether oxygens (including phenoxy) is 1. The molecular formula is C18H21F2NO3S. The largest absolute Gasteiger partial charge is 0.489 e. The van der Waals surface area contributed by atoms with Crippen molar-refractivity contribution in [1.29, 1.82) is 0 Å². The van der Waals surface area contributed by atoms with Crippen molar-refractivity contribution in [3.63, 3.8) is 0 Å². The molecule has 2 rings (SSSR count). The van der Waals surface area contributed by atoms with Crippen LogP contribution in [0.25, 0.3) is 0 Å². The number of halogens is 2. The molecule has 0 unspecified atom stereocenters. The molecule has 4 nitrogen and oxygen atoms in total. The summed E-state index contributed by atoms with van der Waals surface area (Å²) in [5.74, 6) is -1.67. The Kier molecular flexibility index (Phi) is 5.80. The smallest absolute Gasteiger partial charge is 0.240 e. The molecule has 0 heterocycles. The zero-order chi connectivity index (χ0) is 18.7. The van der Waals surface area contributed by atoms with Crippen LogP contribution in [0.15, 0.2) is 47.4 Å². The summed E-state index contributed by atoms with van der Waals surface area (Å²) in [4.78, 5) is 0.147. The first-order valence-electron chi connectivity index (χ1n) is 7.78. The molecule has 0 saturated carbocycles. The van der Waals surface area contributed by atoms with Crippen LogP contribution < -0.4 is 9.46 Å². The fourth-order valence-corrected chi connectivity index (χ4v) is 3.16. The van der Waals surface area contributed by atoms with E-state index < -0.39 is 21.7 Å². The summed E-state index contributed by atoms with van der Waals surface area (Å²) < 4.78 is 58.2. The van der Waals surface area contributed by atoms with E-state index in [0.717, 1.165) is 17.7 Å². The molecule has 0 aliphatic heterocycles. The summed E-state index contributed by atoms with van der Waals surface area (Å²) in [5, 5.41) is 0. The van der Waals surface area contributed by atoms with Crippen molar-refractivity contribution in [2.24, 2.45) is 0 Å². The quantitative estimate of drug-likeness (QED) is 0.792. The minimum Gasteiger partial charge on any atom is -0.489 e. The maximum absolute atomic E-state index is 13.4. The highest BCUT2D eigenvalue weighted by atomic mass is 32.2. The normalized spacial score (nSPS) is 12.2. The molecule has 0 saturated heterocycles. The fraction of sp³-hybridized carbons (Fsp3) is 0.333. The second kappa shape index (κ2) is 7.49. The molecule has 2 aromatic carbocycles. The lowest BCUT2D eigenvalue weighted by molar-refractivity contribution is 0.305. The van der Waals surface area contributed by atoms with E-state index in [1.165, 1.54) is 0 Å². The summed E-state index contributed by atoms with van der Waals surface area (Å²) >= 11 is 0. The van der Waals surface area contributed by atoms with Gasteiger partial charge in [-0.1, -0.05) is 32.9 Å². The summed E-state index contributed by atoms with van der Waals surface area (Å²) in [7, 11) is -3.68. The summed E-state index contributed by atoms with van der Waals surface area (Å²) in [5.41, 5.74) is 0.963. The summed E-state index contributed by atoms with van der Waals surface area (Å²) in [6.07, 6.45) is 0. The van der Waals surface area contributed by atoms with Crippen LogP contribution in [-0.4, -0.2) is 21.6 Å². The Balaban J connectivity index is 1.93. The number of nitrogens with one attached hydrogen (secondary N) is 1. The van der Waals surface area contributed by atoms with Gasteiger partial charge in [-0.05, 0) is 35.2 Å². The van der Waals surface area contributed by atoms with Crippen LogP contribution in [0.2, 0.25) is 0 Å². The van der Waals surface area contributed by atoms with Gasteiger partial charge >= 0.3 is 0 Å². The van der Waals surface area contributed by atoms with Gasteiger partial charge in [-0.3, -0.25) is 0 Å². The van der Waals surface area contributed by atoms with E-state index in [2.05, 4.69) is 4.72 Å². The molecule has 25 heavy (non-hydrogen) atoms. The molecule has 0 amide bonds. The molecule has 136 valence electrons. The SMILES string of the molecule is CC(C)(C)c1ccc(S(=O)(=O)NCCOc2ccc(F)cc2F)cc1. The van der Waals surface area contributed by atoms with Crippen LogP contribution >= 0.6 is 0 Å². The molecule has 0 bridgehead atoms. The molecule has 0 aromatic heterocycles. The third-order valence-corrected chi connectivity index (χ3v) is 5.05. The Hall–Kier alpha value is -1.99. The zero-order valence-electron chi connectivity index (χ0n) is 14.3. The van der Waals surface area contributed by atoms with Crippen LogP contribution in [0, 0.1) is 11.6 Å². The number of hydrogen-bond acceptors (Lipinski definition) is 3. The first kappa shape index (κ1) is 19.3. The zero-order valence-corrected chi connectivity index (χ0v) is 15.2. The van der Waals surface area contributed by atoms with Crippen LogP contribution in [0.1, 0.15) is 26.3 Å². The Morgan fingerprint density at radius 1 is 1.04 bits per heavy atom. The van der Waals surface area contributed by atoms with E-state index in [9.17, 15) is 17.2 Å². The van der Waals surface area contributed by atoms with Gasteiger partial charge in [0.05, 0.1) is 4.90 Å². The van der Waals surface area contributed by atoms with E-state index in [1.54, 1.807) is 24.3 Å². The van der Waals surface area contributed by atoms with Crippen molar-refractivity contribution in [2.45, 2.75) is 31.1 Å². The molecule has 0 radical (unpaired) electrons. The minimum absolute atomic E-state index is 0.0415. The topological polar surface area (TPSA) is 55.4 Å². The van der Waals surface area contributed by atoms with Crippen LogP contribution in [0.4, 0.5) is 8.78 Å². The highest BCUT2D eigenvalue weighted by molar-refractivity contribution is 7.89. The first-order chi connectivity index (χ1) is 11.6. The molecule has 0 spiro atoms. The van der Waals surface area contributed by atoms with Gasteiger partial charge in [0.1, 0.15) is 12.4 Å². The number of hydrogen-bond donors (Lipinski definition) is 1. The van der Waals surface area contributed by atoms with Gasteiger partial charge in [0, 0.05) is 12.6 Å². The van der Waals surface area contributed by atoms with E-state index in [4.69, 9.17) is 4.74 Å². The lowest BCUT2D eigenvalue weighted by Crippen LogP contribution is -2.28. The molecule has 2 aromatic rings. The van der Waals surface area contributed by atoms with Crippen molar-refractivity contribution in [1.82, 2.24) is 4.72 Å². The second-order valence-electron chi connectivity index (χ2n) is 6.60. The van der Waals surface area contributed by atoms with Gasteiger partial charge in [0.25, 0.3) is 0 Å². The van der Waals surface area contributed by atoms with Crippen LogP contribution in [0.5, 0.6) is 5.75 Å². The third-order valence-electron chi connectivity index (χ3n) is 3.58. The number of rotatable bonds is 6. The Bertz CT molecular complexity index is 828. The minimum atomic E-state index is -3.68. The molecule has 0 atom stereocenters. The van der Waals surface area contributed by atoms with E-state index in [0.29, 0.717) is 6.07 Å². The molecule has 7 heteroatoms. The molecule has 1 N–H and O–H groups in total.